The van der Waals surface area contributed by atoms with Gasteiger partial charge in [-0.15, -0.1) is 0 Å². The van der Waals surface area contributed by atoms with Gasteiger partial charge in [0.1, 0.15) is 41.4 Å². The normalized spacial score (nSPS) is 24.7. The topological polar surface area (TPSA) is 93.1 Å². The Morgan fingerprint density at radius 1 is 1.04 bits per heavy atom. The number of ether oxygens (including phenoxy) is 3. The van der Waals surface area contributed by atoms with Crippen LogP contribution >= 0.6 is 0 Å². The van der Waals surface area contributed by atoms with E-state index in [0.717, 1.165) is 19.4 Å². The van der Waals surface area contributed by atoms with Crippen molar-refractivity contribution < 1.29 is 32.5 Å². The third-order valence-corrected chi connectivity index (χ3v) is 10.3. The summed E-state index contributed by atoms with van der Waals surface area (Å²) in [6.45, 7) is 6.12. The number of methoxy groups -OCH3 is 1. The van der Waals surface area contributed by atoms with Crippen LogP contribution in [0.25, 0.3) is 32.9 Å². The van der Waals surface area contributed by atoms with E-state index in [1.54, 1.807) is 24.4 Å². The van der Waals surface area contributed by atoms with Crippen LogP contribution in [-0.4, -0.2) is 89.0 Å². The zero-order valence-corrected chi connectivity index (χ0v) is 27.7. The van der Waals surface area contributed by atoms with Crippen LogP contribution in [0, 0.1) is 11.6 Å². The molecule has 1 unspecified atom stereocenters. The lowest BCUT2D eigenvalue weighted by Crippen LogP contribution is -2.43. The number of hydrogen-bond acceptors (Lipinski definition) is 9. The van der Waals surface area contributed by atoms with E-state index in [-0.39, 0.29) is 30.6 Å². The van der Waals surface area contributed by atoms with E-state index in [1.807, 2.05) is 18.7 Å². The molecule has 256 valence electrons. The first-order chi connectivity index (χ1) is 23.1. The van der Waals surface area contributed by atoms with Crippen molar-refractivity contribution in [3.63, 3.8) is 0 Å². The van der Waals surface area contributed by atoms with Crippen molar-refractivity contribution in [2.24, 2.45) is 0 Å². The number of aliphatic hydroxyl groups is 1. The fourth-order valence-electron chi connectivity index (χ4n) is 7.87. The highest BCUT2D eigenvalue weighted by Crippen LogP contribution is 2.42. The molecule has 7 rings (SSSR count). The number of aryl methyl sites for hydroxylation is 1. The zero-order valence-electron chi connectivity index (χ0n) is 27.7. The summed E-state index contributed by atoms with van der Waals surface area (Å²) in [7, 11) is 1.51. The van der Waals surface area contributed by atoms with Crippen LogP contribution in [0.4, 0.5) is 19.0 Å². The molecule has 2 aromatic carbocycles. The van der Waals surface area contributed by atoms with Gasteiger partial charge in [-0.25, -0.2) is 13.2 Å². The molecule has 12 heteroatoms. The smallest absolute Gasteiger partial charge is 0.319 e. The van der Waals surface area contributed by atoms with Gasteiger partial charge in [0.2, 0.25) is 0 Å². The minimum Gasteiger partial charge on any atom is -0.468 e. The molecule has 0 bridgehead atoms. The molecule has 0 spiro atoms. The first-order valence-electron chi connectivity index (χ1n) is 16.8. The number of fused-ring (bicyclic) bond motifs is 3. The lowest BCUT2D eigenvalue weighted by atomic mass is 9.94. The molecule has 3 fully saturated rings. The van der Waals surface area contributed by atoms with Crippen LogP contribution in [-0.2, 0) is 11.2 Å². The number of alkyl halides is 1. The monoisotopic (exact) mass is 665 g/mol. The molecule has 3 atom stereocenters. The third-order valence-electron chi connectivity index (χ3n) is 10.3. The molecule has 2 aromatic heterocycles. The fraction of sp³-hybridized carbons (Fsp3) is 0.528. The van der Waals surface area contributed by atoms with Crippen LogP contribution in [0.5, 0.6) is 11.8 Å². The summed E-state index contributed by atoms with van der Waals surface area (Å²) < 4.78 is 63.8. The summed E-state index contributed by atoms with van der Waals surface area (Å²) in [6, 6.07) is 6.46. The van der Waals surface area contributed by atoms with Crippen molar-refractivity contribution in [3.05, 3.63) is 47.7 Å². The average Bonchev–Trinajstić information content (AvgIpc) is 3.53. The van der Waals surface area contributed by atoms with Gasteiger partial charge in [-0.2, -0.15) is 9.97 Å². The standard InChI is InChI=1S/C36H42F3N5O4/c1-4-25-28(38)8-7-22-15-24(48-21-46-3)16-26(29(22)25)31-30(39)32-27(18-40-31)33(43-12-5-9-35(2,45)11-14-43)42-34(41-32)47-20-36-10-6-13-44(36)19-23(37)17-36/h7-8,15-16,18,23,45H,4-6,9-14,17,19-21H2,1-3H3/t23-,35?,36+/m1/s1. The maximum absolute atomic E-state index is 17.1. The van der Waals surface area contributed by atoms with Gasteiger partial charge in [-0.1, -0.05) is 13.0 Å². The van der Waals surface area contributed by atoms with E-state index >= 15 is 8.78 Å². The highest BCUT2D eigenvalue weighted by Gasteiger charge is 2.49. The summed E-state index contributed by atoms with van der Waals surface area (Å²) in [6.07, 6.45) is 5.00. The van der Waals surface area contributed by atoms with Gasteiger partial charge >= 0.3 is 6.01 Å². The van der Waals surface area contributed by atoms with E-state index in [0.29, 0.717) is 90.6 Å². The summed E-state index contributed by atoms with van der Waals surface area (Å²) in [4.78, 5) is 18.2. The molecule has 4 aromatic rings. The number of benzene rings is 2. The van der Waals surface area contributed by atoms with Gasteiger partial charge in [0.25, 0.3) is 0 Å². The van der Waals surface area contributed by atoms with E-state index in [1.165, 1.54) is 13.2 Å². The third kappa shape index (κ3) is 6.03. The molecular weight excluding hydrogens is 623 g/mol. The van der Waals surface area contributed by atoms with Gasteiger partial charge in [0.05, 0.1) is 16.5 Å². The van der Waals surface area contributed by atoms with Gasteiger partial charge < -0.3 is 24.2 Å². The quantitative estimate of drug-likeness (QED) is 0.205. The molecule has 0 amide bonds. The Balaban J connectivity index is 1.38. The van der Waals surface area contributed by atoms with Crippen LogP contribution in [0.15, 0.2) is 30.5 Å². The van der Waals surface area contributed by atoms with E-state index in [4.69, 9.17) is 19.2 Å². The second kappa shape index (κ2) is 12.9. The maximum atomic E-state index is 17.1. The predicted octanol–water partition coefficient (Wildman–Crippen LogP) is 6.36. The molecule has 1 N–H and O–H groups in total. The van der Waals surface area contributed by atoms with E-state index in [2.05, 4.69) is 14.9 Å². The molecule has 3 aliphatic heterocycles. The number of hydrogen-bond donors (Lipinski definition) is 1. The second-order valence-corrected chi connectivity index (χ2v) is 13.7. The molecule has 0 radical (unpaired) electrons. The maximum Gasteiger partial charge on any atom is 0.319 e. The number of pyridine rings is 1. The minimum absolute atomic E-state index is 0.00424. The number of aromatic nitrogens is 3. The summed E-state index contributed by atoms with van der Waals surface area (Å²) >= 11 is 0. The highest BCUT2D eigenvalue weighted by molar-refractivity contribution is 6.01. The van der Waals surface area contributed by atoms with Crippen molar-refractivity contribution in [1.29, 1.82) is 0 Å². The van der Waals surface area contributed by atoms with Crippen molar-refractivity contribution in [3.8, 4) is 23.0 Å². The predicted molar refractivity (Wildman–Crippen MR) is 177 cm³/mol. The Morgan fingerprint density at radius 2 is 1.88 bits per heavy atom. The Hall–Kier alpha value is -3.74. The van der Waals surface area contributed by atoms with Gasteiger partial charge in [0.15, 0.2) is 12.6 Å². The Morgan fingerprint density at radius 3 is 2.69 bits per heavy atom. The number of rotatable bonds is 9. The Kier molecular flexibility index (Phi) is 8.84. The molecular formula is C36H42F3N5O4. The number of halogens is 3. The highest BCUT2D eigenvalue weighted by atomic mass is 19.1. The van der Waals surface area contributed by atoms with Crippen LogP contribution < -0.4 is 14.4 Å². The van der Waals surface area contributed by atoms with Crippen LogP contribution in [0.1, 0.15) is 57.9 Å². The molecule has 0 saturated carbocycles. The summed E-state index contributed by atoms with van der Waals surface area (Å²) in [5.41, 5.74) is -0.465. The average molecular weight is 666 g/mol. The number of anilines is 1. The summed E-state index contributed by atoms with van der Waals surface area (Å²) in [5.74, 6) is -0.215. The van der Waals surface area contributed by atoms with Crippen molar-refractivity contribution in [2.45, 2.75) is 76.1 Å². The van der Waals surface area contributed by atoms with Crippen molar-refractivity contribution >= 4 is 27.5 Å². The largest absolute Gasteiger partial charge is 0.468 e. The minimum atomic E-state index is -0.922. The van der Waals surface area contributed by atoms with Crippen molar-refractivity contribution in [2.75, 3.05) is 51.6 Å². The fourth-order valence-corrected chi connectivity index (χ4v) is 7.87. The lowest BCUT2D eigenvalue weighted by molar-refractivity contribution is 0.0481. The molecule has 3 saturated heterocycles. The molecule has 48 heavy (non-hydrogen) atoms. The Labute approximate surface area is 278 Å². The second-order valence-electron chi connectivity index (χ2n) is 13.7. The van der Waals surface area contributed by atoms with E-state index in [9.17, 15) is 9.50 Å². The molecule has 9 nitrogen and oxygen atoms in total. The SMILES string of the molecule is CCc1c(F)ccc2cc(OCOC)cc(-c3ncc4c(N5CCCC(C)(O)CC5)nc(OC[C@@]56CCCN5C[C@H](F)C6)nc4c3F)c12. The van der Waals surface area contributed by atoms with Gasteiger partial charge in [-0.05, 0) is 86.5 Å². The first kappa shape index (κ1) is 32.8. The van der Waals surface area contributed by atoms with E-state index < -0.39 is 28.9 Å². The van der Waals surface area contributed by atoms with Gasteiger partial charge in [-0.3, -0.25) is 9.88 Å². The molecule has 3 aliphatic rings. The van der Waals surface area contributed by atoms with Gasteiger partial charge in [0, 0.05) is 44.9 Å². The summed E-state index contributed by atoms with van der Waals surface area (Å²) in [5, 5.41) is 12.4. The molecule has 0 aliphatic carbocycles. The van der Waals surface area contributed by atoms with Crippen molar-refractivity contribution in [1.82, 2.24) is 19.9 Å². The molecule has 5 heterocycles. The number of nitrogens with zero attached hydrogens (tertiary/aromatic N) is 5. The van der Waals surface area contributed by atoms with Crippen LogP contribution in [0.2, 0.25) is 0 Å². The lowest BCUT2D eigenvalue weighted by Gasteiger charge is -2.31. The van der Waals surface area contributed by atoms with Crippen LogP contribution in [0.3, 0.4) is 0 Å². The Bertz CT molecular complexity index is 1840. The zero-order chi connectivity index (χ0) is 33.6. The first-order valence-corrected chi connectivity index (χ1v) is 16.8.